The monoisotopic (exact) mass is 529 g/mol. The SMILES string of the molecule is C#Cc1cnc(C(=O)Cc2ccc(C3C[C@@]4(C)O[C@@](C)(C3)[C@@H]3OC(C)(C)O[C@@H]34)nc2C2=CCC(C)(C)CC2)[nH]1. The molecular weight excluding hydrogens is 490 g/mol. The van der Waals surface area contributed by atoms with Crippen molar-refractivity contribution in [3.8, 4) is 12.3 Å². The third-order valence-corrected chi connectivity index (χ3v) is 9.11. The number of hydrogen-bond acceptors (Lipinski definition) is 6. The van der Waals surface area contributed by atoms with Crippen molar-refractivity contribution in [3.05, 3.63) is 52.9 Å². The van der Waals surface area contributed by atoms with Gasteiger partial charge in [-0.25, -0.2) is 4.98 Å². The summed E-state index contributed by atoms with van der Waals surface area (Å²) < 4.78 is 19.3. The maximum atomic E-state index is 13.2. The Balaban J connectivity index is 1.33. The average molecular weight is 530 g/mol. The molecule has 3 saturated heterocycles. The number of H-pyrrole nitrogens is 1. The molecule has 39 heavy (non-hydrogen) atoms. The molecule has 5 heterocycles. The topological polar surface area (TPSA) is 86.3 Å². The smallest absolute Gasteiger partial charge is 0.202 e. The van der Waals surface area contributed by atoms with E-state index in [0.29, 0.717) is 5.69 Å². The molecule has 3 aliphatic heterocycles. The Morgan fingerprint density at radius 3 is 2.38 bits per heavy atom. The number of nitrogens with zero attached hydrogens (tertiary/aromatic N) is 2. The number of aromatic nitrogens is 3. The summed E-state index contributed by atoms with van der Waals surface area (Å²) in [5.74, 6) is 2.27. The van der Waals surface area contributed by atoms with Crippen molar-refractivity contribution in [1.29, 1.82) is 0 Å². The third kappa shape index (κ3) is 4.67. The van der Waals surface area contributed by atoms with E-state index in [4.69, 9.17) is 25.6 Å². The van der Waals surface area contributed by atoms with Crippen LogP contribution in [0.1, 0.15) is 113 Å². The molecule has 3 fully saturated rings. The molecule has 7 heteroatoms. The van der Waals surface area contributed by atoms with Crippen molar-refractivity contribution < 1.29 is 19.0 Å². The first kappa shape index (κ1) is 26.4. The first-order valence-corrected chi connectivity index (χ1v) is 14.1. The van der Waals surface area contributed by atoms with E-state index in [1.807, 2.05) is 13.8 Å². The second-order valence-corrected chi connectivity index (χ2v) is 13.5. The van der Waals surface area contributed by atoms with Crippen LogP contribution in [0.4, 0.5) is 0 Å². The number of nitrogens with one attached hydrogen (secondary N) is 1. The number of rotatable bonds is 5. The molecule has 0 aromatic carbocycles. The molecule has 0 saturated carbocycles. The summed E-state index contributed by atoms with van der Waals surface area (Å²) >= 11 is 0. The van der Waals surface area contributed by atoms with E-state index in [0.717, 1.165) is 49.1 Å². The van der Waals surface area contributed by atoms with E-state index in [1.54, 1.807) is 0 Å². The van der Waals surface area contributed by atoms with Crippen molar-refractivity contribution >= 4 is 11.4 Å². The van der Waals surface area contributed by atoms with Crippen molar-refractivity contribution in [2.75, 3.05) is 0 Å². The maximum Gasteiger partial charge on any atom is 0.202 e. The van der Waals surface area contributed by atoms with E-state index >= 15 is 0 Å². The molecular formula is C32H39N3O4. The van der Waals surface area contributed by atoms with Gasteiger partial charge in [0, 0.05) is 18.0 Å². The molecule has 5 atom stereocenters. The summed E-state index contributed by atoms with van der Waals surface area (Å²) in [5.41, 5.74) is 3.99. The van der Waals surface area contributed by atoms with Crippen molar-refractivity contribution in [1.82, 2.24) is 15.0 Å². The Morgan fingerprint density at radius 1 is 1.10 bits per heavy atom. The van der Waals surface area contributed by atoms with Crippen LogP contribution in [0.5, 0.6) is 0 Å². The quantitative estimate of drug-likeness (QED) is 0.392. The Hall–Kier alpha value is -2.79. The summed E-state index contributed by atoms with van der Waals surface area (Å²) in [4.78, 5) is 25.6. The van der Waals surface area contributed by atoms with Gasteiger partial charge in [-0.3, -0.25) is 9.78 Å². The number of ether oxygens (including phenoxy) is 3. The van der Waals surface area contributed by atoms with Gasteiger partial charge in [-0.2, -0.15) is 0 Å². The van der Waals surface area contributed by atoms with Crippen LogP contribution < -0.4 is 0 Å². The fraction of sp³-hybridized carbons (Fsp3) is 0.594. The number of allylic oxidation sites excluding steroid dienone is 2. The number of imidazole rings is 1. The number of carbonyl (C=O) groups is 1. The summed E-state index contributed by atoms with van der Waals surface area (Å²) in [7, 11) is 0. The van der Waals surface area contributed by atoms with Gasteiger partial charge >= 0.3 is 0 Å². The zero-order valence-corrected chi connectivity index (χ0v) is 23.9. The predicted octanol–water partition coefficient (Wildman–Crippen LogP) is 5.75. The fourth-order valence-corrected chi connectivity index (χ4v) is 7.11. The number of hydrogen-bond donors (Lipinski definition) is 1. The molecule has 6 rings (SSSR count). The van der Waals surface area contributed by atoms with Gasteiger partial charge in [0.25, 0.3) is 0 Å². The first-order valence-electron chi connectivity index (χ1n) is 14.1. The van der Waals surface area contributed by atoms with Crippen LogP contribution in [0.3, 0.4) is 0 Å². The largest absolute Gasteiger partial charge is 0.363 e. The summed E-state index contributed by atoms with van der Waals surface area (Å²) in [6, 6.07) is 4.18. The van der Waals surface area contributed by atoms with Crippen molar-refractivity contribution in [3.63, 3.8) is 0 Å². The number of terminal acetylenes is 1. The van der Waals surface area contributed by atoms with E-state index in [1.165, 1.54) is 11.8 Å². The lowest BCUT2D eigenvalue weighted by atomic mass is 9.77. The van der Waals surface area contributed by atoms with Crippen LogP contribution in [-0.4, -0.2) is 49.9 Å². The molecule has 2 aromatic heterocycles. The maximum absolute atomic E-state index is 13.2. The highest BCUT2D eigenvalue weighted by Gasteiger charge is 2.68. The highest BCUT2D eigenvalue weighted by atomic mass is 16.8. The number of Topliss-reactive ketones (excluding diaryl/α,β-unsaturated/α-hetero) is 1. The van der Waals surface area contributed by atoms with Gasteiger partial charge < -0.3 is 19.2 Å². The van der Waals surface area contributed by atoms with Crippen LogP contribution in [0, 0.1) is 17.8 Å². The molecule has 1 unspecified atom stereocenters. The summed E-state index contributed by atoms with van der Waals surface area (Å²) in [5, 5.41) is 0. The van der Waals surface area contributed by atoms with Gasteiger partial charge in [0.1, 0.15) is 17.9 Å². The predicted molar refractivity (Wildman–Crippen MR) is 148 cm³/mol. The molecule has 0 spiro atoms. The molecule has 2 aromatic rings. The summed E-state index contributed by atoms with van der Waals surface area (Å²) in [6.07, 6.45) is 13.9. The Morgan fingerprint density at radius 2 is 1.79 bits per heavy atom. The average Bonchev–Trinajstić information content (AvgIpc) is 3.52. The number of pyridine rings is 1. The van der Waals surface area contributed by atoms with Crippen molar-refractivity contribution in [2.45, 2.75) is 115 Å². The van der Waals surface area contributed by atoms with Gasteiger partial charge in [0.2, 0.25) is 5.78 Å². The number of ketones is 1. The van der Waals surface area contributed by atoms with Crippen LogP contribution in [-0.2, 0) is 20.6 Å². The minimum atomic E-state index is -0.607. The highest BCUT2D eigenvalue weighted by Crippen LogP contribution is 2.58. The molecule has 4 aliphatic rings. The van der Waals surface area contributed by atoms with Crippen LogP contribution in [0.15, 0.2) is 24.4 Å². The van der Waals surface area contributed by atoms with E-state index < -0.39 is 17.0 Å². The number of fused-ring (bicyclic) bond motifs is 5. The lowest BCUT2D eigenvalue weighted by molar-refractivity contribution is -0.242. The van der Waals surface area contributed by atoms with Gasteiger partial charge in [0.05, 0.1) is 23.1 Å². The van der Waals surface area contributed by atoms with Gasteiger partial charge in [-0.05, 0) is 82.4 Å². The van der Waals surface area contributed by atoms with Crippen molar-refractivity contribution in [2.24, 2.45) is 5.41 Å². The van der Waals surface area contributed by atoms with Crippen LogP contribution in [0.2, 0.25) is 0 Å². The second kappa shape index (κ2) is 8.86. The lowest BCUT2D eigenvalue weighted by Crippen LogP contribution is -2.46. The van der Waals surface area contributed by atoms with E-state index in [-0.39, 0.29) is 41.6 Å². The number of carbonyl (C=O) groups excluding carboxylic acids is 1. The molecule has 0 amide bonds. The highest BCUT2D eigenvalue weighted by molar-refractivity contribution is 5.95. The van der Waals surface area contributed by atoms with E-state index in [2.05, 4.69) is 61.8 Å². The summed E-state index contributed by atoms with van der Waals surface area (Å²) in [6.45, 7) is 12.9. The Bertz CT molecular complexity index is 1370. The third-order valence-electron chi connectivity index (χ3n) is 9.11. The van der Waals surface area contributed by atoms with Crippen LogP contribution >= 0.6 is 0 Å². The Kier molecular flexibility index (Phi) is 6.00. The van der Waals surface area contributed by atoms with Gasteiger partial charge in [0.15, 0.2) is 11.6 Å². The Labute approximate surface area is 231 Å². The normalized spacial score (nSPS) is 34.3. The van der Waals surface area contributed by atoms with E-state index in [9.17, 15) is 4.79 Å². The molecule has 206 valence electrons. The zero-order chi connectivity index (χ0) is 27.8. The molecule has 1 aliphatic carbocycles. The molecule has 7 nitrogen and oxygen atoms in total. The number of aromatic amines is 1. The standard InChI is InChI=1S/C32H39N3O4/c1-8-22-18-33-28(34-22)24(36)15-20-9-10-23(35-25(20)19-11-13-29(2,3)14-12-19)21-16-31(6)26-27(32(7,17-21)39-31)38-30(4,5)37-26/h1,9-11,18,21,26-27H,12-17H2,2-7H3,(H,33,34)/t21?,26-,27+,31+,32-. The van der Waals surface area contributed by atoms with Gasteiger partial charge in [-0.1, -0.05) is 31.9 Å². The fourth-order valence-electron chi connectivity index (χ4n) is 7.11. The molecule has 0 radical (unpaired) electrons. The first-order chi connectivity index (χ1) is 18.3. The van der Waals surface area contributed by atoms with Gasteiger partial charge in [-0.15, -0.1) is 6.42 Å². The minimum absolute atomic E-state index is 0.0992. The van der Waals surface area contributed by atoms with Crippen LogP contribution in [0.25, 0.3) is 5.57 Å². The lowest BCUT2D eigenvalue weighted by Gasteiger charge is -2.43. The minimum Gasteiger partial charge on any atom is -0.363 e. The zero-order valence-electron chi connectivity index (χ0n) is 23.9. The second-order valence-electron chi connectivity index (χ2n) is 13.5. The molecule has 2 bridgehead atoms. The molecule has 1 N–H and O–H groups in total.